The lowest BCUT2D eigenvalue weighted by Crippen LogP contribution is -2.22. The van der Waals surface area contributed by atoms with Gasteiger partial charge in [0.15, 0.2) is 0 Å². The van der Waals surface area contributed by atoms with Crippen LogP contribution in [0.4, 0.5) is 5.69 Å². The van der Waals surface area contributed by atoms with Gasteiger partial charge >= 0.3 is 0 Å². The summed E-state index contributed by atoms with van der Waals surface area (Å²) in [5.74, 6) is 0.260. The lowest BCUT2D eigenvalue weighted by molar-refractivity contribution is -0.120. The van der Waals surface area contributed by atoms with Crippen molar-refractivity contribution in [1.29, 1.82) is 0 Å². The molecule has 1 atom stereocenters. The van der Waals surface area contributed by atoms with Crippen molar-refractivity contribution in [1.82, 2.24) is 4.98 Å². The molecule has 0 aromatic carbocycles. The number of aromatic nitrogens is 1. The molecule has 1 aromatic rings. The standard InChI is InChI=1S/C13H20N2O/c1-3-5-6-11(4-2)13(16)15-12-7-9-14-10-8-12/h7-11H,3-6H2,1-2H3,(H,14,15,16). The Hall–Kier alpha value is -1.38. The van der Waals surface area contributed by atoms with Gasteiger partial charge in [-0.15, -0.1) is 0 Å². The van der Waals surface area contributed by atoms with Crippen LogP contribution in [0.2, 0.25) is 0 Å². The van der Waals surface area contributed by atoms with Crippen molar-refractivity contribution in [3.63, 3.8) is 0 Å². The van der Waals surface area contributed by atoms with Gasteiger partial charge in [0.05, 0.1) is 0 Å². The van der Waals surface area contributed by atoms with Crippen LogP contribution in [0, 0.1) is 5.92 Å². The van der Waals surface area contributed by atoms with Crippen molar-refractivity contribution in [2.24, 2.45) is 5.92 Å². The van der Waals surface area contributed by atoms with E-state index in [2.05, 4.69) is 24.1 Å². The molecule has 0 bridgehead atoms. The average Bonchev–Trinajstić information content (AvgIpc) is 2.31. The summed E-state index contributed by atoms with van der Waals surface area (Å²) in [6.45, 7) is 4.21. The summed E-state index contributed by atoms with van der Waals surface area (Å²) in [5.41, 5.74) is 0.829. The van der Waals surface area contributed by atoms with Crippen LogP contribution < -0.4 is 5.32 Å². The Bertz CT molecular complexity index is 311. The van der Waals surface area contributed by atoms with E-state index in [1.54, 1.807) is 12.4 Å². The molecule has 0 aliphatic heterocycles. The Morgan fingerprint density at radius 3 is 2.62 bits per heavy atom. The molecule has 0 radical (unpaired) electrons. The van der Waals surface area contributed by atoms with Crippen molar-refractivity contribution >= 4 is 11.6 Å². The van der Waals surface area contributed by atoms with Crippen LogP contribution in [0.1, 0.15) is 39.5 Å². The van der Waals surface area contributed by atoms with Crippen LogP contribution in [-0.4, -0.2) is 10.9 Å². The van der Waals surface area contributed by atoms with E-state index in [1.807, 2.05) is 12.1 Å². The summed E-state index contributed by atoms with van der Waals surface area (Å²) in [7, 11) is 0. The van der Waals surface area contributed by atoms with Gasteiger partial charge < -0.3 is 5.32 Å². The predicted molar refractivity (Wildman–Crippen MR) is 66.2 cm³/mol. The summed E-state index contributed by atoms with van der Waals surface area (Å²) < 4.78 is 0. The van der Waals surface area contributed by atoms with Crippen LogP contribution in [-0.2, 0) is 4.79 Å². The summed E-state index contributed by atoms with van der Waals surface area (Å²) in [6.07, 6.45) is 7.49. The van der Waals surface area contributed by atoms with Gasteiger partial charge in [-0.3, -0.25) is 9.78 Å². The first-order valence-electron chi connectivity index (χ1n) is 5.98. The molecule has 3 heteroatoms. The van der Waals surface area contributed by atoms with Gasteiger partial charge in [0.2, 0.25) is 5.91 Å². The normalized spacial score (nSPS) is 12.1. The molecule has 16 heavy (non-hydrogen) atoms. The fraction of sp³-hybridized carbons (Fsp3) is 0.538. The molecule has 3 nitrogen and oxygen atoms in total. The first-order valence-corrected chi connectivity index (χ1v) is 5.98. The van der Waals surface area contributed by atoms with E-state index < -0.39 is 0 Å². The number of rotatable bonds is 6. The van der Waals surface area contributed by atoms with Crippen molar-refractivity contribution < 1.29 is 4.79 Å². The number of carbonyl (C=O) groups excluding carboxylic acids is 1. The van der Waals surface area contributed by atoms with Crippen molar-refractivity contribution in [3.8, 4) is 0 Å². The highest BCUT2D eigenvalue weighted by molar-refractivity contribution is 5.92. The quantitative estimate of drug-likeness (QED) is 0.799. The van der Waals surface area contributed by atoms with E-state index in [0.717, 1.165) is 31.4 Å². The van der Waals surface area contributed by atoms with Crippen LogP contribution in [0.15, 0.2) is 24.5 Å². The number of nitrogens with zero attached hydrogens (tertiary/aromatic N) is 1. The monoisotopic (exact) mass is 220 g/mol. The number of hydrogen-bond acceptors (Lipinski definition) is 2. The minimum absolute atomic E-state index is 0.127. The minimum Gasteiger partial charge on any atom is -0.326 e. The fourth-order valence-electron chi connectivity index (χ4n) is 1.65. The van der Waals surface area contributed by atoms with E-state index >= 15 is 0 Å². The van der Waals surface area contributed by atoms with Crippen LogP contribution in [0.25, 0.3) is 0 Å². The van der Waals surface area contributed by atoms with Gasteiger partial charge in [0.25, 0.3) is 0 Å². The maximum Gasteiger partial charge on any atom is 0.227 e. The van der Waals surface area contributed by atoms with Crippen molar-refractivity contribution in [2.75, 3.05) is 5.32 Å². The third-order valence-electron chi connectivity index (χ3n) is 2.72. The van der Waals surface area contributed by atoms with Gasteiger partial charge in [-0.25, -0.2) is 0 Å². The topological polar surface area (TPSA) is 42.0 Å². The van der Waals surface area contributed by atoms with E-state index in [-0.39, 0.29) is 11.8 Å². The second-order valence-electron chi connectivity index (χ2n) is 3.97. The average molecular weight is 220 g/mol. The zero-order chi connectivity index (χ0) is 11.8. The molecule has 1 heterocycles. The van der Waals surface area contributed by atoms with Crippen molar-refractivity contribution in [3.05, 3.63) is 24.5 Å². The third kappa shape index (κ3) is 4.01. The Kier molecular flexibility index (Phi) is 5.54. The molecular formula is C13H20N2O. The molecule has 1 amide bonds. The third-order valence-corrected chi connectivity index (χ3v) is 2.72. The lowest BCUT2D eigenvalue weighted by Gasteiger charge is -2.14. The first kappa shape index (κ1) is 12.7. The minimum atomic E-state index is 0.127. The Morgan fingerprint density at radius 1 is 1.38 bits per heavy atom. The van der Waals surface area contributed by atoms with E-state index in [0.29, 0.717) is 0 Å². The number of hydrogen-bond donors (Lipinski definition) is 1. The Labute approximate surface area is 97.3 Å². The fourth-order valence-corrected chi connectivity index (χ4v) is 1.65. The highest BCUT2D eigenvalue weighted by atomic mass is 16.1. The number of carbonyl (C=O) groups is 1. The molecule has 1 rings (SSSR count). The van der Waals surface area contributed by atoms with Crippen molar-refractivity contribution in [2.45, 2.75) is 39.5 Å². The molecule has 0 spiro atoms. The molecule has 0 aliphatic rings. The summed E-state index contributed by atoms with van der Waals surface area (Å²) in [4.78, 5) is 15.8. The summed E-state index contributed by atoms with van der Waals surface area (Å²) in [5, 5.41) is 2.92. The number of nitrogens with one attached hydrogen (secondary N) is 1. The molecule has 88 valence electrons. The molecule has 0 saturated carbocycles. The van der Waals surface area contributed by atoms with E-state index in [4.69, 9.17) is 0 Å². The maximum absolute atomic E-state index is 11.9. The molecule has 0 fully saturated rings. The van der Waals surface area contributed by atoms with Crippen LogP contribution in [0.3, 0.4) is 0 Å². The molecule has 1 N–H and O–H groups in total. The zero-order valence-electron chi connectivity index (χ0n) is 10.1. The lowest BCUT2D eigenvalue weighted by atomic mass is 9.98. The highest BCUT2D eigenvalue weighted by Crippen LogP contribution is 2.15. The Balaban J connectivity index is 2.49. The largest absolute Gasteiger partial charge is 0.326 e. The van der Waals surface area contributed by atoms with E-state index in [9.17, 15) is 4.79 Å². The smallest absolute Gasteiger partial charge is 0.227 e. The second-order valence-corrected chi connectivity index (χ2v) is 3.97. The number of amides is 1. The second kappa shape index (κ2) is 6.99. The SMILES string of the molecule is CCCCC(CC)C(=O)Nc1ccncc1. The molecule has 1 aromatic heterocycles. The van der Waals surface area contributed by atoms with Gasteiger partial charge in [-0.05, 0) is 25.0 Å². The number of unbranched alkanes of at least 4 members (excludes halogenated alkanes) is 1. The maximum atomic E-state index is 11.9. The zero-order valence-corrected chi connectivity index (χ0v) is 10.1. The molecule has 1 unspecified atom stereocenters. The van der Waals surface area contributed by atoms with Gasteiger partial charge in [0, 0.05) is 24.0 Å². The Morgan fingerprint density at radius 2 is 2.06 bits per heavy atom. The van der Waals surface area contributed by atoms with Gasteiger partial charge in [0.1, 0.15) is 0 Å². The van der Waals surface area contributed by atoms with Gasteiger partial charge in [-0.1, -0.05) is 26.7 Å². The molecule has 0 aliphatic carbocycles. The molecular weight excluding hydrogens is 200 g/mol. The number of pyridine rings is 1. The first-order chi connectivity index (χ1) is 7.77. The van der Waals surface area contributed by atoms with Crippen LogP contribution >= 0.6 is 0 Å². The highest BCUT2D eigenvalue weighted by Gasteiger charge is 2.15. The predicted octanol–water partition coefficient (Wildman–Crippen LogP) is 3.24. The van der Waals surface area contributed by atoms with E-state index in [1.165, 1.54) is 0 Å². The van der Waals surface area contributed by atoms with Crippen LogP contribution in [0.5, 0.6) is 0 Å². The summed E-state index contributed by atoms with van der Waals surface area (Å²) >= 11 is 0. The summed E-state index contributed by atoms with van der Waals surface area (Å²) in [6, 6.07) is 3.62. The molecule has 0 saturated heterocycles. The number of anilines is 1. The van der Waals surface area contributed by atoms with Gasteiger partial charge in [-0.2, -0.15) is 0 Å².